The lowest BCUT2D eigenvalue weighted by Gasteiger charge is -2.18. The quantitative estimate of drug-likeness (QED) is 0.852. The highest BCUT2D eigenvalue weighted by atomic mass is 16.4. The number of oxazole rings is 1. The van der Waals surface area contributed by atoms with Crippen molar-refractivity contribution >= 4 is 11.1 Å². The first-order chi connectivity index (χ1) is 8.52. The highest BCUT2D eigenvalue weighted by molar-refractivity contribution is 5.73. The van der Waals surface area contributed by atoms with Gasteiger partial charge in [-0.1, -0.05) is 6.07 Å². The van der Waals surface area contributed by atoms with Crippen LogP contribution in [0.2, 0.25) is 0 Å². The lowest BCUT2D eigenvalue weighted by molar-refractivity contribution is 0.497. The van der Waals surface area contributed by atoms with Gasteiger partial charge in [0.1, 0.15) is 0 Å². The predicted molar refractivity (Wildman–Crippen MR) is 71.5 cm³/mol. The average Bonchev–Trinajstić information content (AvgIpc) is 2.61. The van der Waals surface area contributed by atoms with E-state index in [2.05, 4.69) is 5.32 Å². The van der Waals surface area contributed by atoms with E-state index in [9.17, 15) is 4.79 Å². The van der Waals surface area contributed by atoms with Crippen LogP contribution in [0.25, 0.3) is 11.1 Å². The lowest BCUT2D eigenvalue weighted by atomic mass is 10.0. The Hall–Kier alpha value is -1.59. The van der Waals surface area contributed by atoms with Gasteiger partial charge in [-0.2, -0.15) is 0 Å². The van der Waals surface area contributed by atoms with E-state index in [4.69, 9.17) is 10.2 Å². The minimum atomic E-state index is -0.338. The van der Waals surface area contributed by atoms with Crippen LogP contribution in [0.1, 0.15) is 24.9 Å². The molecule has 18 heavy (non-hydrogen) atoms. The summed E-state index contributed by atoms with van der Waals surface area (Å²) in [6.07, 6.45) is 0.832. The molecule has 0 aliphatic carbocycles. The summed E-state index contributed by atoms with van der Waals surface area (Å²) in [7, 11) is 3.60. The fourth-order valence-electron chi connectivity index (χ4n) is 2.16. The Kier molecular flexibility index (Phi) is 3.54. The van der Waals surface area contributed by atoms with Crippen molar-refractivity contribution < 1.29 is 4.42 Å². The van der Waals surface area contributed by atoms with E-state index in [-0.39, 0.29) is 17.8 Å². The van der Waals surface area contributed by atoms with E-state index in [0.29, 0.717) is 5.58 Å². The summed E-state index contributed by atoms with van der Waals surface area (Å²) in [5.74, 6) is -0.338. The number of nitrogens with one attached hydrogen (secondary N) is 1. The van der Waals surface area contributed by atoms with Gasteiger partial charge in [-0.05, 0) is 38.1 Å². The van der Waals surface area contributed by atoms with Gasteiger partial charge in [0, 0.05) is 19.1 Å². The Morgan fingerprint density at radius 1 is 1.50 bits per heavy atom. The Morgan fingerprint density at radius 3 is 2.83 bits per heavy atom. The molecule has 1 aromatic heterocycles. The molecule has 0 aliphatic rings. The molecule has 2 unspecified atom stereocenters. The smallest absolute Gasteiger partial charge is 0.408 e. The van der Waals surface area contributed by atoms with E-state index in [1.54, 1.807) is 7.05 Å². The monoisotopic (exact) mass is 249 g/mol. The molecule has 2 rings (SSSR count). The summed E-state index contributed by atoms with van der Waals surface area (Å²) in [6.45, 7) is 1.98. The van der Waals surface area contributed by atoms with Gasteiger partial charge in [0.05, 0.1) is 5.52 Å². The van der Waals surface area contributed by atoms with Gasteiger partial charge >= 0.3 is 5.76 Å². The molecule has 0 amide bonds. The zero-order valence-electron chi connectivity index (χ0n) is 10.9. The summed E-state index contributed by atoms with van der Waals surface area (Å²) < 4.78 is 6.69. The van der Waals surface area contributed by atoms with Crippen molar-refractivity contribution in [1.29, 1.82) is 0 Å². The number of aryl methyl sites for hydroxylation is 1. The van der Waals surface area contributed by atoms with Crippen LogP contribution in [0.3, 0.4) is 0 Å². The maximum atomic E-state index is 11.4. The fourth-order valence-corrected chi connectivity index (χ4v) is 2.16. The first-order valence-corrected chi connectivity index (χ1v) is 6.05. The minimum absolute atomic E-state index is 0.112. The molecule has 0 spiro atoms. The Labute approximate surface area is 106 Å². The largest absolute Gasteiger partial charge is 0.419 e. The molecule has 0 fully saturated rings. The van der Waals surface area contributed by atoms with Gasteiger partial charge in [0.15, 0.2) is 5.58 Å². The van der Waals surface area contributed by atoms with E-state index >= 15 is 0 Å². The third kappa shape index (κ3) is 2.32. The highest BCUT2D eigenvalue weighted by Gasteiger charge is 2.14. The number of aromatic nitrogens is 1. The van der Waals surface area contributed by atoms with Crippen LogP contribution >= 0.6 is 0 Å². The first-order valence-electron chi connectivity index (χ1n) is 6.05. The summed E-state index contributed by atoms with van der Waals surface area (Å²) in [4.78, 5) is 11.4. The molecule has 5 heteroatoms. The molecule has 0 radical (unpaired) electrons. The van der Waals surface area contributed by atoms with Crippen molar-refractivity contribution in [2.24, 2.45) is 12.8 Å². The molecule has 0 aliphatic heterocycles. The minimum Gasteiger partial charge on any atom is -0.408 e. The van der Waals surface area contributed by atoms with Crippen molar-refractivity contribution in [1.82, 2.24) is 9.88 Å². The second kappa shape index (κ2) is 4.96. The third-order valence-corrected chi connectivity index (χ3v) is 3.17. The van der Waals surface area contributed by atoms with Crippen LogP contribution in [0.4, 0.5) is 0 Å². The second-order valence-electron chi connectivity index (χ2n) is 4.71. The second-order valence-corrected chi connectivity index (χ2v) is 4.71. The molecule has 0 bridgehead atoms. The Balaban J connectivity index is 2.42. The molecule has 3 N–H and O–H groups in total. The summed E-state index contributed by atoms with van der Waals surface area (Å²) in [6, 6.07) is 6.09. The van der Waals surface area contributed by atoms with Crippen LogP contribution in [0.5, 0.6) is 0 Å². The van der Waals surface area contributed by atoms with Crippen LogP contribution in [-0.4, -0.2) is 17.7 Å². The standard InChI is InChI=1S/C13H19N3O2/c1-8(14)6-10(15-2)9-4-5-11-12(7-9)18-13(17)16(11)3/h4-5,7-8,10,15H,6,14H2,1-3H3. The molecular formula is C13H19N3O2. The number of hydrogen-bond donors (Lipinski definition) is 2. The van der Waals surface area contributed by atoms with Crippen molar-refractivity contribution in [2.45, 2.75) is 25.4 Å². The normalized spacial score (nSPS) is 14.9. The van der Waals surface area contributed by atoms with Gasteiger partial charge in [-0.15, -0.1) is 0 Å². The molecular weight excluding hydrogens is 230 g/mol. The molecule has 1 aromatic carbocycles. The molecule has 1 heterocycles. The lowest BCUT2D eigenvalue weighted by Crippen LogP contribution is -2.25. The zero-order chi connectivity index (χ0) is 13.3. The topological polar surface area (TPSA) is 73.2 Å². The number of rotatable bonds is 4. The van der Waals surface area contributed by atoms with E-state index in [1.165, 1.54) is 4.57 Å². The number of fused-ring (bicyclic) bond motifs is 1. The van der Waals surface area contributed by atoms with Crippen molar-refractivity contribution in [3.63, 3.8) is 0 Å². The van der Waals surface area contributed by atoms with Crippen molar-refractivity contribution in [3.8, 4) is 0 Å². The number of benzene rings is 1. The van der Waals surface area contributed by atoms with E-state index < -0.39 is 0 Å². The Bertz CT molecular complexity index is 598. The van der Waals surface area contributed by atoms with Crippen LogP contribution in [0.15, 0.2) is 27.4 Å². The van der Waals surface area contributed by atoms with E-state index in [0.717, 1.165) is 17.5 Å². The van der Waals surface area contributed by atoms with Gasteiger partial charge in [0.25, 0.3) is 0 Å². The van der Waals surface area contributed by atoms with Crippen molar-refractivity contribution in [2.75, 3.05) is 7.05 Å². The molecule has 2 aromatic rings. The number of hydrogen-bond acceptors (Lipinski definition) is 4. The molecule has 0 saturated carbocycles. The van der Waals surface area contributed by atoms with Gasteiger partial charge in [0.2, 0.25) is 0 Å². The highest BCUT2D eigenvalue weighted by Crippen LogP contribution is 2.22. The summed E-state index contributed by atoms with van der Waals surface area (Å²) in [5, 5.41) is 3.23. The average molecular weight is 249 g/mol. The maximum Gasteiger partial charge on any atom is 0.419 e. The molecule has 2 atom stereocenters. The number of nitrogens with two attached hydrogens (primary N) is 1. The van der Waals surface area contributed by atoms with E-state index in [1.807, 2.05) is 32.2 Å². The van der Waals surface area contributed by atoms with Crippen LogP contribution in [0, 0.1) is 0 Å². The van der Waals surface area contributed by atoms with Crippen LogP contribution in [-0.2, 0) is 7.05 Å². The predicted octanol–water partition coefficient (Wildman–Crippen LogP) is 1.13. The fraction of sp³-hybridized carbons (Fsp3) is 0.462. The Morgan fingerprint density at radius 2 is 2.22 bits per heavy atom. The molecule has 98 valence electrons. The van der Waals surface area contributed by atoms with Crippen LogP contribution < -0.4 is 16.8 Å². The maximum absolute atomic E-state index is 11.4. The zero-order valence-corrected chi connectivity index (χ0v) is 10.9. The first kappa shape index (κ1) is 12.9. The molecule has 5 nitrogen and oxygen atoms in total. The van der Waals surface area contributed by atoms with Crippen molar-refractivity contribution in [3.05, 3.63) is 34.3 Å². The van der Waals surface area contributed by atoms with Gasteiger partial charge in [-0.25, -0.2) is 4.79 Å². The number of nitrogens with zero attached hydrogens (tertiary/aromatic N) is 1. The SMILES string of the molecule is CNC(CC(C)N)c1ccc2c(c1)oc(=O)n2C. The molecule has 0 saturated heterocycles. The van der Waals surface area contributed by atoms with Gasteiger partial charge < -0.3 is 15.5 Å². The summed E-state index contributed by atoms with van der Waals surface area (Å²) >= 11 is 0. The summed E-state index contributed by atoms with van der Waals surface area (Å²) in [5.41, 5.74) is 8.33. The third-order valence-electron chi connectivity index (χ3n) is 3.17. The van der Waals surface area contributed by atoms with Gasteiger partial charge in [-0.3, -0.25) is 4.57 Å².